The predicted molar refractivity (Wildman–Crippen MR) is 85.7 cm³/mol. The summed E-state index contributed by atoms with van der Waals surface area (Å²) in [7, 11) is 0. The van der Waals surface area contributed by atoms with Crippen molar-refractivity contribution in [2.75, 3.05) is 19.7 Å². The van der Waals surface area contributed by atoms with Crippen LogP contribution in [0.3, 0.4) is 0 Å². The number of pyridine rings is 1. The third-order valence-electron chi connectivity index (χ3n) is 4.40. The molecule has 2 saturated heterocycles. The minimum atomic E-state index is 0.0687. The Morgan fingerprint density at radius 1 is 1.22 bits per heavy atom. The molecule has 2 atom stereocenters. The summed E-state index contributed by atoms with van der Waals surface area (Å²) in [6, 6.07) is 4.03. The first-order valence-electron chi connectivity index (χ1n) is 7.70. The van der Waals surface area contributed by atoms with Crippen molar-refractivity contribution in [1.82, 2.24) is 19.8 Å². The molecule has 0 aliphatic carbocycles. The average Bonchev–Trinajstić information content (AvgIpc) is 3.21. The SMILES string of the molecule is O=C1CO[C@@H]2CN(Cc3nccs3)C[C@H]2N1Cc1ccncc1. The number of likely N-dealkylation sites (tertiary alicyclic amines) is 1. The van der Waals surface area contributed by atoms with E-state index in [2.05, 4.69) is 14.9 Å². The van der Waals surface area contributed by atoms with Crippen LogP contribution in [0.5, 0.6) is 0 Å². The van der Waals surface area contributed by atoms with Gasteiger partial charge in [-0.3, -0.25) is 14.7 Å². The molecule has 4 heterocycles. The zero-order valence-electron chi connectivity index (χ0n) is 12.7. The minimum Gasteiger partial charge on any atom is -0.365 e. The van der Waals surface area contributed by atoms with Gasteiger partial charge in [0, 0.05) is 43.6 Å². The van der Waals surface area contributed by atoms with Crippen LogP contribution in [-0.4, -0.2) is 57.5 Å². The van der Waals surface area contributed by atoms with Gasteiger partial charge < -0.3 is 9.64 Å². The molecule has 2 aliphatic heterocycles. The van der Waals surface area contributed by atoms with Gasteiger partial charge in [-0.2, -0.15) is 0 Å². The second-order valence-corrected chi connectivity index (χ2v) is 6.89. The molecule has 7 heteroatoms. The van der Waals surface area contributed by atoms with Crippen molar-refractivity contribution >= 4 is 17.2 Å². The Labute approximate surface area is 138 Å². The summed E-state index contributed by atoms with van der Waals surface area (Å²) < 4.78 is 5.77. The molecule has 0 unspecified atom stereocenters. The number of ether oxygens (including phenoxy) is 1. The number of morpholine rings is 1. The molecule has 120 valence electrons. The zero-order chi connectivity index (χ0) is 15.6. The van der Waals surface area contributed by atoms with Crippen LogP contribution < -0.4 is 0 Å². The monoisotopic (exact) mass is 330 g/mol. The topological polar surface area (TPSA) is 58.6 Å². The van der Waals surface area contributed by atoms with Crippen molar-refractivity contribution in [2.45, 2.75) is 25.2 Å². The molecular weight excluding hydrogens is 312 g/mol. The lowest BCUT2D eigenvalue weighted by molar-refractivity contribution is -0.153. The molecule has 0 aromatic carbocycles. The van der Waals surface area contributed by atoms with E-state index in [1.165, 1.54) is 0 Å². The van der Waals surface area contributed by atoms with E-state index < -0.39 is 0 Å². The summed E-state index contributed by atoms with van der Waals surface area (Å²) in [6.45, 7) is 3.31. The fourth-order valence-corrected chi connectivity index (χ4v) is 3.94. The highest BCUT2D eigenvalue weighted by Gasteiger charge is 2.43. The Morgan fingerprint density at radius 3 is 2.87 bits per heavy atom. The molecule has 0 N–H and O–H groups in total. The third-order valence-corrected chi connectivity index (χ3v) is 5.16. The smallest absolute Gasteiger partial charge is 0.249 e. The van der Waals surface area contributed by atoms with Crippen molar-refractivity contribution in [3.8, 4) is 0 Å². The molecule has 2 aliphatic rings. The lowest BCUT2D eigenvalue weighted by Crippen LogP contribution is -2.53. The molecule has 6 nitrogen and oxygen atoms in total. The molecule has 4 rings (SSSR count). The van der Waals surface area contributed by atoms with E-state index >= 15 is 0 Å². The summed E-state index contributed by atoms with van der Waals surface area (Å²) >= 11 is 1.67. The number of rotatable bonds is 4. The van der Waals surface area contributed by atoms with E-state index in [4.69, 9.17) is 4.74 Å². The molecule has 1 amide bonds. The maximum Gasteiger partial charge on any atom is 0.249 e. The van der Waals surface area contributed by atoms with Crippen LogP contribution >= 0.6 is 11.3 Å². The number of hydrogen-bond donors (Lipinski definition) is 0. The highest BCUT2D eigenvalue weighted by molar-refractivity contribution is 7.09. The molecular formula is C16H18N4O2S. The number of nitrogens with zero attached hydrogens (tertiary/aromatic N) is 4. The zero-order valence-corrected chi connectivity index (χ0v) is 13.5. The number of amides is 1. The fourth-order valence-electron chi connectivity index (χ4n) is 3.28. The van der Waals surface area contributed by atoms with E-state index in [0.717, 1.165) is 30.2 Å². The Hall–Kier alpha value is -1.83. The van der Waals surface area contributed by atoms with Gasteiger partial charge in [0.1, 0.15) is 11.6 Å². The molecule has 0 bridgehead atoms. The van der Waals surface area contributed by atoms with Crippen LogP contribution in [0.2, 0.25) is 0 Å². The number of fused-ring (bicyclic) bond motifs is 1. The van der Waals surface area contributed by atoms with E-state index in [9.17, 15) is 4.79 Å². The van der Waals surface area contributed by atoms with Gasteiger partial charge in [0.2, 0.25) is 5.91 Å². The van der Waals surface area contributed by atoms with Crippen LogP contribution in [0.25, 0.3) is 0 Å². The van der Waals surface area contributed by atoms with E-state index in [1.807, 2.05) is 28.6 Å². The first-order valence-corrected chi connectivity index (χ1v) is 8.58. The normalized spacial score (nSPS) is 24.9. The third kappa shape index (κ3) is 3.12. The van der Waals surface area contributed by atoms with Gasteiger partial charge in [0.25, 0.3) is 0 Å². The molecule has 2 aromatic heterocycles. The van der Waals surface area contributed by atoms with Gasteiger partial charge in [-0.05, 0) is 17.7 Å². The molecule has 2 aromatic rings. The van der Waals surface area contributed by atoms with Gasteiger partial charge in [0.15, 0.2) is 0 Å². The maximum atomic E-state index is 12.3. The summed E-state index contributed by atoms with van der Waals surface area (Å²) in [4.78, 5) is 25.0. The Balaban J connectivity index is 1.47. The highest BCUT2D eigenvalue weighted by Crippen LogP contribution is 2.26. The van der Waals surface area contributed by atoms with E-state index in [-0.39, 0.29) is 24.7 Å². The van der Waals surface area contributed by atoms with Crippen LogP contribution in [0, 0.1) is 0 Å². The van der Waals surface area contributed by atoms with Crippen molar-refractivity contribution in [3.05, 3.63) is 46.7 Å². The molecule has 0 saturated carbocycles. The first kappa shape index (κ1) is 14.7. The highest BCUT2D eigenvalue weighted by atomic mass is 32.1. The average molecular weight is 330 g/mol. The molecule has 0 radical (unpaired) electrons. The number of thiazole rings is 1. The molecule has 2 fully saturated rings. The van der Waals surface area contributed by atoms with Crippen molar-refractivity contribution in [3.63, 3.8) is 0 Å². The van der Waals surface area contributed by atoms with E-state index in [0.29, 0.717) is 6.54 Å². The number of hydrogen-bond acceptors (Lipinski definition) is 6. The second-order valence-electron chi connectivity index (χ2n) is 5.91. The lowest BCUT2D eigenvalue weighted by Gasteiger charge is -2.36. The molecule has 0 spiro atoms. The fraction of sp³-hybridized carbons (Fsp3) is 0.438. The summed E-state index contributed by atoms with van der Waals surface area (Å²) in [5.41, 5.74) is 1.10. The Bertz CT molecular complexity index is 664. The Morgan fingerprint density at radius 2 is 2.09 bits per heavy atom. The van der Waals surface area contributed by atoms with E-state index in [1.54, 1.807) is 23.7 Å². The van der Waals surface area contributed by atoms with Gasteiger partial charge in [-0.15, -0.1) is 11.3 Å². The number of aromatic nitrogens is 2. The summed E-state index contributed by atoms with van der Waals surface area (Å²) in [5.74, 6) is 0.0687. The lowest BCUT2D eigenvalue weighted by atomic mass is 10.1. The largest absolute Gasteiger partial charge is 0.365 e. The van der Waals surface area contributed by atoms with Crippen molar-refractivity contribution in [1.29, 1.82) is 0 Å². The van der Waals surface area contributed by atoms with Crippen LogP contribution in [-0.2, 0) is 22.6 Å². The second kappa shape index (κ2) is 6.35. The van der Waals surface area contributed by atoms with Gasteiger partial charge in [-0.1, -0.05) is 0 Å². The van der Waals surface area contributed by atoms with Gasteiger partial charge in [-0.25, -0.2) is 4.98 Å². The minimum absolute atomic E-state index is 0.0687. The summed E-state index contributed by atoms with van der Waals surface area (Å²) in [5, 5.41) is 3.10. The summed E-state index contributed by atoms with van der Waals surface area (Å²) in [6.07, 6.45) is 5.45. The van der Waals surface area contributed by atoms with Crippen molar-refractivity contribution in [2.24, 2.45) is 0 Å². The van der Waals surface area contributed by atoms with Crippen molar-refractivity contribution < 1.29 is 9.53 Å². The van der Waals surface area contributed by atoms with Gasteiger partial charge in [0.05, 0.1) is 18.7 Å². The van der Waals surface area contributed by atoms with Crippen LogP contribution in [0.15, 0.2) is 36.1 Å². The standard InChI is InChI=1S/C16H18N4O2S/c21-16-11-22-14-9-19(10-15-18-5-6-23-15)8-13(14)20(16)7-12-1-3-17-4-2-12/h1-6,13-14H,7-11H2/t13-,14-/m1/s1. The quantitative estimate of drug-likeness (QED) is 0.842. The number of carbonyl (C=O) groups is 1. The van der Waals surface area contributed by atoms with Crippen LogP contribution in [0.4, 0.5) is 0 Å². The Kier molecular flexibility index (Phi) is 4.07. The maximum absolute atomic E-state index is 12.3. The van der Waals surface area contributed by atoms with Gasteiger partial charge >= 0.3 is 0 Å². The van der Waals surface area contributed by atoms with Crippen LogP contribution in [0.1, 0.15) is 10.6 Å². The predicted octanol–water partition coefficient (Wildman–Crippen LogP) is 1.15. The number of carbonyl (C=O) groups excluding carboxylic acids is 1. The first-order chi connectivity index (χ1) is 11.3. The molecule has 23 heavy (non-hydrogen) atoms.